The second-order valence-corrected chi connectivity index (χ2v) is 8.74. The summed E-state index contributed by atoms with van der Waals surface area (Å²) in [5.74, 6) is 0.777. The predicted molar refractivity (Wildman–Crippen MR) is 103 cm³/mol. The number of nitrogens with zero attached hydrogens (tertiary/aromatic N) is 3. The molecule has 4 N–H and O–H groups in total. The fourth-order valence-corrected chi connectivity index (χ4v) is 4.39. The lowest BCUT2D eigenvalue weighted by molar-refractivity contribution is 0.475. The van der Waals surface area contributed by atoms with Crippen LogP contribution >= 0.6 is 11.3 Å². The van der Waals surface area contributed by atoms with Gasteiger partial charge in [0.05, 0.1) is 18.4 Å². The molecule has 0 saturated heterocycles. The van der Waals surface area contributed by atoms with E-state index in [2.05, 4.69) is 15.3 Å². The number of imidazole rings is 1. The Balaban J connectivity index is 1.61. The van der Waals surface area contributed by atoms with Crippen molar-refractivity contribution in [2.24, 2.45) is 5.14 Å². The lowest BCUT2D eigenvalue weighted by Crippen LogP contribution is -2.09. The number of thiophene rings is 1. The summed E-state index contributed by atoms with van der Waals surface area (Å²) in [6, 6.07) is 10.1. The topological polar surface area (TPSA) is 123 Å². The highest BCUT2D eigenvalue weighted by atomic mass is 32.2. The molecule has 0 aliphatic carbocycles. The van der Waals surface area contributed by atoms with Gasteiger partial charge in [0, 0.05) is 22.8 Å². The van der Waals surface area contributed by atoms with Crippen molar-refractivity contribution < 1.29 is 13.5 Å². The van der Waals surface area contributed by atoms with Crippen molar-refractivity contribution in [1.29, 1.82) is 0 Å². The van der Waals surface area contributed by atoms with E-state index in [1.54, 1.807) is 36.8 Å². The van der Waals surface area contributed by atoms with Crippen molar-refractivity contribution in [2.75, 3.05) is 5.32 Å². The maximum atomic E-state index is 11.4. The van der Waals surface area contributed by atoms with Crippen molar-refractivity contribution in [3.63, 3.8) is 0 Å². The van der Waals surface area contributed by atoms with Gasteiger partial charge in [-0.1, -0.05) is 0 Å². The monoisotopic (exact) mass is 401 g/mol. The lowest BCUT2D eigenvalue weighted by atomic mass is 10.1. The van der Waals surface area contributed by atoms with Gasteiger partial charge >= 0.3 is 0 Å². The van der Waals surface area contributed by atoms with Crippen LogP contribution in [0.3, 0.4) is 0 Å². The van der Waals surface area contributed by atoms with E-state index in [1.807, 2.05) is 16.5 Å². The lowest BCUT2D eigenvalue weighted by Gasteiger charge is -2.07. The number of hydrogen-bond donors (Lipinski definition) is 3. The molecule has 0 amide bonds. The summed E-state index contributed by atoms with van der Waals surface area (Å²) >= 11 is 1.11. The van der Waals surface area contributed by atoms with Crippen LogP contribution in [-0.2, 0) is 16.6 Å². The predicted octanol–water partition coefficient (Wildman–Crippen LogP) is 2.42. The number of aromatic hydroxyl groups is 1. The Bertz CT molecular complexity index is 1210. The molecule has 138 valence electrons. The van der Waals surface area contributed by atoms with Gasteiger partial charge in [-0.25, -0.2) is 23.5 Å². The first-order chi connectivity index (χ1) is 12.9. The Kier molecular flexibility index (Phi) is 4.30. The number of nitrogens with two attached hydrogens (primary N) is 1. The number of phenolic OH excluding ortho intramolecular Hbond substituents is 1. The van der Waals surface area contributed by atoms with Gasteiger partial charge in [0.2, 0.25) is 10.0 Å². The number of hydrogen-bond acceptors (Lipinski definition) is 7. The Morgan fingerprint density at radius 1 is 1.15 bits per heavy atom. The van der Waals surface area contributed by atoms with Gasteiger partial charge in [0.15, 0.2) is 11.5 Å². The molecule has 0 aliphatic heterocycles. The molecule has 0 spiro atoms. The number of sulfonamides is 1. The van der Waals surface area contributed by atoms with Crippen LogP contribution in [-0.4, -0.2) is 27.9 Å². The van der Waals surface area contributed by atoms with Gasteiger partial charge in [0.25, 0.3) is 0 Å². The first kappa shape index (κ1) is 17.5. The van der Waals surface area contributed by atoms with Gasteiger partial charge in [0.1, 0.15) is 9.96 Å². The third-order valence-electron chi connectivity index (χ3n) is 3.94. The summed E-state index contributed by atoms with van der Waals surface area (Å²) in [5.41, 5.74) is 2.42. The second kappa shape index (κ2) is 6.65. The SMILES string of the molecule is NS(=O)(=O)c1ccc(CNc2nccn3c(-c4ccc(O)cc4)cnc23)s1. The van der Waals surface area contributed by atoms with Crippen LogP contribution < -0.4 is 10.5 Å². The zero-order valence-electron chi connectivity index (χ0n) is 13.9. The molecule has 3 aromatic heterocycles. The van der Waals surface area contributed by atoms with Crippen LogP contribution in [0.25, 0.3) is 16.9 Å². The fraction of sp³-hybridized carbons (Fsp3) is 0.0588. The molecule has 4 rings (SSSR count). The first-order valence-corrected chi connectivity index (χ1v) is 10.2. The second-order valence-electron chi connectivity index (χ2n) is 5.78. The summed E-state index contributed by atoms with van der Waals surface area (Å²) in [4.78, 5) is 9.58. The molecule has 0 unspecified atom stereocenters. The Morgan fingerprint density at radius 3 is 2.63 bits per heavy atom. The van der Waals surface area contributed by atoms with E-state index in [9.17, 15) is 13.5 Å². The summed E-state index contributed by atoms with van der Waals surface area (Å²) in [6.45, 7) is 0.397. The van der Waals surface area contributed by atoms with E-state index in [-0.39, 0.29) is 9.96 Å². The number of rotatable bonds is 5. The van der Waals surface area contributed by atoms with Gasteiger partial charge in [-0.3, -0.25) is 4.40 Å². The highest BCUT2D eigenvalue weighted by molar-refractivity contribution is 7.91. The molecule has 8 nitrogen and oxygen atoms in total. The van der Waals surface area contributed by atoms with Crippen LogP contribution in [0.5, 0.6) is 5.75 Å². The summed E-state index contributed by atoms with van der Waals surface area (Å²) in [7, 11) is -3.69. The smallest absolute Gasteiger partial charge is 0.247 e. The molecule has 0 bridgehead atoms. The minimum atomic E-state index is -3.69. The van der Waals surface area contributed by atoms with Crippen LogP contribution in [0, 0.1) is 0 Å². The summed E-state index contributed by atoms with van der Waals surface area (Å²) in [6.07, 6.45) is 5.20. The molecule has 0 aliphatic rings. The molecule has 0 radical (unpaired) electrons. The summed E-state index contributed by atoms with van der Waals surface area (Å²) < 4.78 is 24.8. The number of fused-ring (bicyclic) bond motifs is 1. The molecular formula is C17H15N5O3S2. The minimum Gasteiger partial charge on any atom is -0.508 e. The number of nitrogens with one attached hydrogen (secondary N) is 1. The van der Waals surface area contributed by atoms with E-state index >= 15 is 0 Å². The van der Waals surface area contributed by atoms with Crippen LogP contribution in [0.15, 0.2) is 59.2 Å². The van der Waals surface area contributed by atoms with E-state index in [4.69, 9.17) is 5.14 Å². The molecular weight excluding hydrogens is 386 g/mol. The van der Waals surface area contributed by atoms with Gasteiger partial charge < -0.3 is 10.4 Å². The van der Waals surface area contributed by atoms with Crippen LogP contribution in [0.1, 0.15) is 4.88 Å². The van der Waals surface area contributed by atoms with Crippen molar-refractivity contribution >= 4 is 32.8 Å². The van der Waals surface area contributed by atoms with Crippen LogP contribution in [0.4, 0.5) is 5.82 Å². The zero-order valence-corrected chi connectivity index (χ0v) is 15.5. The first-order valence-electron chi connectivity index (χ1n) is 7.89. The highest BCUT2D eigenvalue weighted by Gasteiger charge is 2.13. The summed E-state index contributed by atoms with van der Waals surface area (Å²) in [5, 5.41) is 17.8. The quantitative estimate of drug-likeness (QED) is 0.472. The van der Waals surface area contributed by atoms with Gasteiger partial charge in [-0.05, 0) is 36.4 Å². The standard InChI is InChI=1S/C17H15N5O3S2/c18-27(24,25)15-6-5-13(26-15)9-20-16-17-21-10-14(22(17)8-7-19-16)11-1-3-12(23)4-2-11/h1-8,10,23H,9H2,(H,19,20)(H2,18,24,25). The largest absolute Gasteiger partial charge is 0.508 e. The van der Waals surface area contributed by atoms with Gasteiger partial charge in [-0.15, -0.1) is 11.3 Å². The number of aromatic nitrogens is 3. The third kappa shape index (κ3) is 3.50. The Labute approximate surface area is 159 Å². The third-order valence-corrected chi connectivity index (χ3v) is 6.46. The maximum absolute atomic E-state index is 11.4. The molecule has 4 aromatic rings. The fourth-order valence-electron chi connectivity index (χ4n) is 2.67. The molecule has 10 heteroatoms. The van der Waals surface area contributed by atoms with E-state index in [0.717, 1.165) is 27.5 Å². The number of phenols is 1. The van der Waals surface area contributed by atoms with E-state index < -0.39 is 10.0 Å². The molecule has 27 heavy (non-hydrogen) atoms. The van der Waals surface area contributed by atoms with Crippen molar-refractivity contribution in [1.82, 2.24) is 14.4 Å². The van der Waals surface area contributed by atoms with E-state index in [0.29, 0.717) is 18.0 Å². The van der Waals surface area contributed by atoms with Crippen LogP contribution in [0.2, 0.25) is 0 Å². The number of primary sulfonamides is 1. The van der Waals surface area contributed by atoms with Gasteiger partial charge in [-0.2, -0.15) is 0 Å². The molecule has 0 fully saturated rings. The Morgan fingerprint density at radius 2 is 1.93 bits per heavy atom. The number of benzene rings is 1. The molecule has 3 heterocycles. The van der Waals surface area contributed by atoms with Crippen molar-refractivity contribution in [3.05, 3.63) is 59.9 Å². The van der Waals surface area contributed by atoms with Crippen molar-refractivity contribution in [3.8, 4) is 17.0 Å². The Hall–Kier alpha value is -2.95. The average Bonchev–Trinajstić information content (AvgIpc) is 3.28. The minimum absolute atomic E-state index is 0.126. The molecule has 1 aromatic carbocycles. The average molecular weight is 401 g/mol. The maximum Gasteiger partial charge on any atom is 0.247 e. The van der Waals surface area contributed by atoms with Crippen molar-refractivity contribution in [2.45, 2.75) is 10.8 Å². The molecule has 0 atom stereocenters. The molecule has 0 saturated carbocycles. The number of anilines is 1. The normalized spacial score (nSPS) is 11.7. The zero-order chi connectivity index (χ0) is 19.0. The highest BCUT2D eigenvalue weighted by Crippen LogP contribution is 2.26. The van der Waals surface area contributed by atoms with E-state index in [1.165, 1.54) is 6.07 Å².